The smallest absolute Gasteiger partial charge is 0.384 e. The van der Waals surface area contributed by atoms with Crippen molar-refractivity contribution in [3.8, 4) is 0 Å². The van der Waals surface area contributed by atoms with Crippen molar-refractivity contribution in [1.29, 1.82) is 0 Å². The number of carbonyl (C=O) groups is 2. The first kappa shape index (κ1) is 16.5. The van der Waals surface area contributed by atoms with Crippen LogP contribution in [0.4, 0.5) is 0 Å². The average molecular weight is 309 g/mol. The molecule has 2 N–H and O–H groups in total. The van der Waals surface area contributed by atoms with Crippen LogP contribution < -0.4 is 11.1 Å². The molecule has 1 aromatic heterocycles. The minimum atomic E-state index is -0.773. The number of amides is 1. The van der Waals surface area contributed by atoms with E-state index >= 15 is 0 Å². The molecule has 1 fully saturated rings. The first-order valence-corrected chi connectivity index (χ1v) is 7.87. The number of nitrogens with one attached hydrogen (secondary N) is 2. The molecule has 1 atom stereocenters. The van der Waals surface area contributed by atoms with E-state index in [-0.39, 0.29) is 23.6 Å². The molecule has 0 saturated heterocycles. The Kier molecular flexibility index (Phi) is 5.51. The lowest BCUT2D eigenvalue weighted by Crippen LogP contribution is -2.45. The molecule has 1 unspecified atom stereocenters. The average Bonchev–Trinajstić information content (AvgIpc) is 2.92. The summed E-state index contributed by atoms with van der Waals surface area (Å²) in [4.78, 5) is 35.7. The van der Waals surface area contributed by atoms with Crippen LogP contribution in [0, 0.1) is 11.8 Å². The molecule has 0 aromatic carbocycles. The van der Waals surface area contributed by atoms with Gasteiger partial charge in [-0.25, -0.2) is 9.89 Å². The molecule has 0 spiro atoms. The zero-order valence-electron chi connectivity index (χ0n) is 13.1. The number of Topliss-reactive ketones (excluding diaryl/α,β-unsaturated/α-hetero) is 1. The van der Waals surface area contributed by atoms with Crippen molar-refractivity contribution in [2.45, 2.75) is 58.4 Å². The molecular weight excluding hydrogens is 286 g/mol. The third kappa shape index (κ3) is 4.29. The van der Waals surface area contributed by atoms with Crippen LogP contribution in [-0.2, 0) is 4.79 Å². The highest BCUT2D eigenvalue weighted by atomic mass is 16.4. The van der Waals surface area contributed by atoms with E-state index < -0.39 is 17.6 Å². The highest BCUT2D eigenvalue weighted by Crippen LogP contribution is 2.24. The second-order valence-corrected chi connectivity index (χ2v) is 6.31. The van der Waals surface area contributed by atoms with Crippen molar-refractivity contribution in [3.63, 3.8) is 0 Å². The van der Waals surface area contributed by atoms with E-state index in [1.807, 2.05) is 13.8 Å². The molecule has 1 aliphatic rings. The number of ketones is 1. The molecule has 122 valence electrons. The summed E-state index contributed by atoms with van der Waals surface area (Å²) in [6.45, 7) is 3.93. The quantitative estimate of drug-likeness (QED) is 0.777. The first-order chi connectivity index (χ1) is 10.5. The monoisotopic (exact) mass is 309 g/mol. The predicted octanol–water partition coefficient (Wildman–Crippen LogP) is 1.66. The highest BCUT2D eigenvalue weighted by molar-refractivity contribution is 5.98. The Morgan fingerprint density at radius 1 is 1.32 bits per heavy atom. The number of aromatic nitrogens is 2. The van der Waals surface area contributed by atoms with Crippen molar-refractivity contribution in [2.24, 2.45) is 11.8 Å². The second-order valence-electron chi connectivity index (χ2n) is 6.31. The number of aromatic amines is 1. The van der Waals surface area contributed by atoms with Crippen LogP contribution in [0.15, 0.2) is 9.21 Å². The van der Waals surface area contributed by atoms with E-state index in [1.54, 1.807) is 0 Å². The van der Waals surface area contributed by atoms with Crippen LogP contribution in [-0.4, -0.2) is 27.9 Å². The first-order valence-electron chi connectivity index (χ1n) is 7.87. The molecule has 22 heavy (non-hydrogen) atoms. The van der Waals surface area contributed by atoms with Gasteiger partial charge in [0, 0.05) is 5.92 Å². The maximum atomic E-state index is 12.4. The van der Waals surface area contributed by atoms with Crippen LogP contribution in [0.1, 0.15) is 63.1 Å². The van der Waals surface area contributed by atoms with Gasteiger partial charge in [-0.2, -0.15) is 0 Å². The topological polar surface area (TPSA) is 105 Å². The molecule has 7 nitrogen and oxygen atoms in total. The van der Waals surface area contributed by atoms with Gasteiger partial charge in [0.1, 0.15) is 0 Å². The Balaban J connectivity index is 2.06. The zero-order chi connectivity index (χ0) is 16.1. The maximum Gasteiger partial charge on any atom is 0.434 e. The molecular formula is C15H23N3O4. The van der Waals surface area contributed by atoms with Gasteiger partial charge in [-0.05, 0) is 25.2 Å². The third-order valence-electron chi connectivity index (χ3n) is 3.96. The van der Waals surface area contributed by atoms with Gasteiger partial charge in [-0.1, -0.05) is 33.1 Å². The lowest BCUT2D eigenvalue weighted by molar-refractivity contribution is -0.126. The van der Waals surface area contributed by atoms with Gasteiger partial charge in [0.25, 0.3) is 5.89 Å². The van der Waals surface area contributed by atoms with Gasteiger partial charge in [0.05, 0.1) is 6.04 Å². The number of nitrogens with zero attached hydrogens (tertiary/aromatic N) is 1. The molecule has 1 saturated carbocycles. The van der Waals surface area contributed by atoms with Gasteiger partial charge in [0.2, 0.25) is 11.7 Å². The summed E-state index contributed by atoms with van der Waals surface area (Å²) in [5, 5.41) is 8.45. The summed E-state index contributed by atoms with van der Waals surface area (Å²) in [7, 11) is 0. The Hall–Kier alpha value is -1.92. The fourth-order valence-corrected chi connectivity index (χ4v) is 2.84. The summed E-state index contributed by atoms with van der Waals surface area (Å²) < 4.78 is 4.71. The fourth-order valence-electron chi connectivity index (χ4n) is 2.84. The number of rotatable bonds is 6. The number of hydrogen-bond acceptors (Lipinski definition) is 5. The van der Waals surface area contributed by atoms with Gasteiger partial charge in [-0.15, -0.1) is 5.10 Å². The van der Waals surface area contributed by atoms with Gasteiger partial charge in [0.15, 0.2) is 0 Å². The van der Waals surface area contributed by atoms with Gasteiger partial charge in [-0.3, -0.25) is 9.59 Å². The van der Waals surface area contributed by atoms with Crippen molar-refractivity contribution >= 4 is 11.7 Å². The van der Waals surface area contributed by atoms with E-state index in [0.29, 0.717) is 6.42 Å². The molecule has 1 aromatic rings. The molecule has 2 rings (SSSR count). The third-order valence-corrected chi connectivity index (χ3v) is 3.96. The van der Waals surface area contributed by atoms with Gasteiger partial charge < -0.3 is 9.73 Å². The normalized spacial score (nSPS) is 17.4. The molecule has 1 heterocycles. The Morgan fingerprint density at radius 3 is 2.55 bits per heavy atom. The van der Waals surface area contributed by atoms with Crippen LogP contribution >= 0.6 is 0 Å². The van der Waals surface area contributed by atoms with Crippen LogP contribution in [0.25, 0.3) is 0 Å². The SMILES string of the molecule is CC(C)CC(NC(=O)C1CCCCC1)C(=O)c1n[nH]c(=O)o1. The van der Waals surface area contributed by atoms with Crippen molar-refractivity contribution in [2.75, 3.05) is 0 Å². The van der Waals surface area contributed by atoms with E-state index in [4.69, 9.17) is 4.42 Å². The number of hydrogen-bond donors (Lipinski definition) is 2. The minimum Gasteiger partial charge on any atom is -0.384 e. The number of carbonyl (C=O) groups excluding carboxylic acids is 2. The zero-order valence-corrected chi connectivity index (χ0v) is 13.1. The standard InChI is InChI=1S/C15H23N3O4/c1-9(2)8-11(12(19)14-17-18-15(21)22-14)16-13(20)10-6-4-3-5-7-10/h9-11H,3-8H2,1-2H3,(H,16,20)(H,18,21). The van der Waals surface area contributed by atoms with Crippen molar-refractivity contribution in [1.82, 2.24) is 15.5 Å². The maximum absolute atomic E-state index is 12.4. The van der Waals surface area contributed by atoms with Crippen molar-refractivity contribution < 1.29 is 14.0 Å². The lowest BCUT2D eigenvalue weighted by atomic mass is 9.88. The van der Waals surface area contributed by atoms with E-state index in [0.717, 1.165) is 32.1 Å². The van der Waals surface area contributed by atoms with Crippen LogP contribution in [0.2, 0.25) is 0 Å². The molecule has 0 radical (unpaired) electrons. The summed E-state index contributed by atoms with van der Waals surface area (Å²) in [5.74, 6) is -1.41. The highest BCUT2D eigenvalue weighted by Gasteiger charge is 2.30. The van der Waals surface area contributed by atoms with E-state index in [2.05, 4.69) is 15.5 Å². The molecule has 1 amide bonds. The van der Waals surface area contributed by atoms with Gasteiger partial charge >= 0.3 is 5.76 Å². The minimum absolute atomic E-state index is 0.0256. The Morgan fingerprint density at radius 2 is 2.00 bits per heavy atom. The second kappa shape index (κ2) is 7.38. The molecule has 0 aliphatic heterocycles. The Bertz CT molecular complexity index is 569. The molecule has 7 heteroatoms. The molecule has 0 bridgehead atoms. The van der Waals surface area contributed by atoms with Crippen molar-refractivity contribution in [3.05, 3.63) is 16.4 Å². The van der Waals surface area contributed by atoms with E-state index in [1.165, 1.54) is 0 Å². The predicted molar refractivity (Wildman–Crippen MR) is 79.4 cm³/mol. The van der Waals surface area contributed by atoms with E-state index in [9.17, 15) is 14.4 Å². The largest absolute Gasteiger partial charge is 0.434 e. The fraction of sp³-hybridized carbons (Fsp3) is 0.733. The Labute approximate surface area is 128 Å². The number of H-pyrrole nitrogens is 1. The van der Waals surface area contributed by atoms with Crippen LogP contribution in [0.5, 0.6) is 0 Å². The lowest BCUT2D eigenvalue weighted by Gasteiger charge is -2.24. The molecule has 1 aliphatic carbocycles. The van der Waals surface area contributed by atoms with Crippen LogP contribution in [0.3, 0.4) is 0 Å². The summed E-state index contributed by atoms with van der Waals surface area (Å²) in [6.07, 6.45) is 5.48. The summed E-state index contributed by atoms with van der Waals surface area (Å²) >= 11 is 0. The summed E-state index contributed by atoms with van der Waals surface area (Å²) in [6, 6.07) is -0.708. The summed E-state index contributed by atoms with van der Waals surface area (Å²) in [5.41, 5.74) is 0.